The normalized spacial score (nSPS) is 14.7. The van der Waals surface area contributed by atoms with E-state index in [1.165, 1.54) is 10.4 Å². The SMILES string of the molecule is C[C@H](O[C@@H](C)[C@@H](CO[Si](c1ccccc1)(c1ccccc1)C(C)(C)C)NCc1ccccc1)C(=O)O. The number of ether oxygens (including phenoxy) is 1. The third kappa shape index (κ3) is 6.71. The summed E-state index contributed by atoms with van der Waals surface area (Å²) in [4.78, 5) is 11.5. The Morgan fingerprint density at radius 3 is 1.78 bits per heavy atom. The minimum absolute atomic E-state index is 0.155. The van der Waals surface area contributed by atoms with Crippen LogP contribution in [0.15, 0.2) is 91.0 Å². The molecule has 2 N–H and O–H groups in total. The highest BCUT2D eigenvalue weighted by atomic mass is 28.4. The van der Waals surface area contributed by atoms with E-state index in [-0.39, 0.29) is 17.2 Å². The van der Waals surface area contributed by atoms with E-state index in [4.69, 9.17) is 9.16 Å². The number of nitrogens with one attached hydrogen (secondary N) is 1. The van der Waals surface area contributed by atoms with Crippen LogP contribution in [0.25, 0.3) is 0 Å². The van der Waals surface area contributed by atoms with Gasteiger partial charge in [-0.1, -0.05) is 112 Å². The molecule has 0 bridgehead atoms. The van der Waals surface area contributed by atoms with E-state index in [1.54, 1.807) is 6.92 Å². The van der Waals surface area contributed by atoms with Crippen molar-refractivity contribution in [1.29, 1.82) is 0 Å². The van der Waals surface area contributed by atoms with E-state index in [2.05, 4.69) is 86.8 Å². The second-order valence-electron chi connectivity index (χ2n) is 10.3. The van der Waals surface area contributed by atoms with Gasteiger partial charge in [0.15, 0.2) is 6.10 Å². The highest BCUT2D eigenvalue weighted by molar-refractivity contribution is 6.99. The molecule has 0 amide bonds. The molecule has 5 nitrogen and oxygen atoms in total. The summed E-state index contributed by atoms with van der Waals surface area (Å²) in [6.45, 7) is 11.2. The summed E-state index contributed by atoms with van der Waals surface area (Å²) in [5.74, 6) is -0.975. The molecule has 0 aliphatic heterocycles. The summed E-state index contributed by atoms with van der Waals surface area (Å²) in [5, 5.41) is 15.3. The van der Waals surface area contributed by atoms with Crippen LogP contribution in [-0.4, -0.2) is 44.2 Å². The van der Waals surface area contributed by atoms with Gasteiger partial charge in [0.25, 0.3) is 8.32 Å². The molecule has 6 heteroatoms. The first-order valence-corrected chi connectivity index (χ1v) is 14.5. The Hall–Kier alpha value is -2.77. The maximum absolute atomic E-state index is 11.5. The smallest absolute Gasteiger partial charge is 0.332 e. The molecule has 0 fully saturated rings. The molecule has 0 saturated carbocycles. The summed E-state index contributed by atoms with van der Waals surface area (Å²) >= 11 is 0. The minimum atomic E-state index is -2.74. The number of hydrogen-bond acceptors (Lipinski definition) is 4. The number of hydrogen-bond donors (Lipinski definition) is 2. The zero-order valence-corrected chi connectivity index (χ0v) is 23.0. The third-order valence-electron chi connectivity index (χ3n) is 6.64. The molecular weight excluding hydrogens is 466 g/mol. The van der Waals surface area contributed by atoms with Gasteiger partial charge >= 0.3 is 5.97 Å². The van der Waals surface area contributed by atoms with E-state index in [9.17, 15) is 9.90 Å². The number of carboxylic acid groups (broad SMARTS) is 1. The summed E-state index contributed by atoms with van der Waals surface area (Å²) in [6.07, 6.45) is -1.29. The molecule has 3 aromatic carbocycles. The van der Waals surface area contributed by atoms with Gasteiger partial charge in [0.2, 0.25) is 0 Å². The van der Waals surface area contributed by atoms with Gasteiger partial charge in [-0.15, -0.1) is 0 Å². The maximum Gasteiger partial charge on any atom is 0.332 e. The molecule has 3 aromatic rings. The lowest BCUT2D eigenvalue weighted by molar-refractivity contribution is -0.153. The van der Waals surface area contributed by atoms with Crippen LogP contribution in [0, 0.1) is 0 Å². The van der Waals surface area contributed by atoms with Crippen molar-refractivity contribution in [2.45, 2.75) is 64.5 Å². The zero-order chi connectivity index (χ0) is 26.2. The molecule has 3 atom stereocenters. The number of rotatable bonds is 12. The molecular formula is C30H39NO4Si. The first kappa shape index (κ1) is 27.8. The predicted molar refractivity (Wildman–Crippen MR) is 148 cm³/mol. The Labute approximate surface area is 216 Å². The summed E-state index contributed by atoms with van der Waals surface area (Å²) in [5.41, 5.74) is 1.14. The Morgan fingerprint density at radius 2 is 1.33 bits per heavy atom. The van der Waals surface area contributed by atoms with E-state index in [0.717, 1.165) is 5.56 Å². The van der Waals surface area contributed by atoms with Crippen LogP contribution in [0.5, 0.6) is 0 Å². The van der Waals surface area contributed by atoms with Crippen molar-refractivity contribution < 1.29 is 19.1 Å². The van der Waals surface area contributed by atoms with Gasteiger partial charge in [0.05, 0.1) is 18.8 Å². The fourth-order valence-corrected chi connectivity index (χ4v) is 9.24. The minimum Gasteiger partial charge on any atom is -0.479 e. The van der Waals surface area contributed by atoms with Crippen molar-refractivity contribution in [2.75, 3.05) is 6.61 Å². The quantitative estimate of drug-likeness (QED) is 0.352. The molecule has 192 valence electrons. The van der Waals surface area contributed by atoms with Crippen LogP contribution in [0.4, 0.5) is 0 Å². The van der Waals surface area contributed by atoms with Gasteiger partial charge in [0, 0.05) is 6.54 Å². The van der Waals surface area contributed by atoms with E-state index >= 15 is 0 Å². The third-order valence-corrected chi connectivity index (χ3v) is 11.6. The average molecular weight is 506 g/mol. The fourth-order valence-electron chi connectivity index (χ4n) is 4.66. The van der Waals surface area contributed by atoms with E-state index in [0.29, 0.717) is 13.2 Å². The molecule has 0 radical (unpaired) electrons. The lowest BCUT2D eigenvalue weighted by atomic mass is 10.1. The van der Waals surface area contributed by atoms with Crippen molar-refractivity contribution in [3.63, 3.8) is 0 Å². The highest BCUT2D eigenvalue weighted by Gasteiger charge is 2.50. The van der Waals surface area contributed by atoms with Crippen LogP contribution in [0.3, 0.4) is 0 Å². The summed E-state index contributed by atoms with van der Waals surface area (Å²) < 4.78 is 13.0. The van der Waals surface area contributed by atoms with Crippen LogP contribution in [0.2, 0.25) is 5.04 Å². The van der Waals surface area contributed by atoms with E-state index in [1.807, 2.05) is 37.3 Å². The standard InChI is InChI=1S/C30H39NO4Si/c1-23(35-24(2)29(32)33)28(31-21-25-15-9-6-10-16-25)22-34-36(30(3,4)5,26-17-11-7-12-18-26)27-19-13-8-14-20-27/h6-20,23-24,28,31H,21-22H2,1-5H3,(H,32,33)/t23-,24-,28+/m0/s1. The van der Waals surface area contributed by atoms with Crippen LogP contribution < -0.4 is 15.7 Å². The molecule has 0 aromatic heterocycles. The monoisotopic (exact) mass is 505 g/mol. The number of benzene rings is 3. The molecule has 0 aliphatic rings. The molecule has 3 rings (SSSR count). The topological polar surface area (TPSA) is 67.8 Å². The summed E-state index contributed by atoms with van der Waals surface area (Å²) in [7, 11) is -2.74. The second kappa shape index (κ2) is 12.5. The van der Waals surface area contributed by atoms with Gasteiger partial charge in [-0.3, -0.25) is 0 Å². The first-order chi connectivity index (χ1) is 17.1. The highest BCUT2D eigenvalue weighted by Crippen LogP contribution is 2.37. The maximum atomic E-state index is 11.5. The lowest BCUT2D eigenvalue weighted by Gasteiger charge is -2.44. The van der Waals surface area contributed by atoms with Crippen molar-refractivity contribution in [2.24, 2.45) is 0 Å². The van der Waals surface area contributed by atoms with E-state index < -0.39 is 20.4 Å². The van der Waals surface area contributed by atoms with Crippen molar-refractivity contribution in [3.8, 4) is 0 Å². The van der Waals surface area contributed by atoms with Crippen LogP contribution in [0.1, 0.15) is 40.2 Å². The van der Waals surface area contributed by atoms with Crippen LogP contribution >= 0.6 is 0 Å². The van der Waals surface area contributed by atoms with Gasteiger partial charge in [-0.25, -0.2) is 4.79 Å². The summed E-state index contributed by atoms with van der Waals surface area (Å²) in [6, 6.07) is 31.0. The van der Waals surface area contributed by atoms with Crippen molar-refractivity contribution >= 4 is 24.7 Å². The predicted octanol–water partition coefficient (Wildman–Crippen LogP) is 4.60. The van der Waals surface area contributed by atoms with Gasteiger partial charge in [-0.05, 0) is 34.8 Å². The second-order valence-corrected chi connectivity index (χ2v) is 14.6. The van der Waals surface area contributed by atoms with Crippen molar-refractivity contribution in [1.82, 2.24) is 5.32 Å². The molecule has 0 aliphatic carbocycles. The van der Waals surface area contributed by atoms with Crippen LogP contribution in [-0.2, 0) is 20.5 Å². The fraction of sp³-hybridized carbons (Fsp3) is 0.367. The molecule has 0 spiro atoms. The first-order valence-electron chi connectivity index (χ1n) is 12.6. The van der Waals surface area contributed by atoms with Crippen molar-refractivity contribution in [3.05, 3.63) is 96.6 Å². The Bertz CT molecular complexity index is 1030. The molecule has 0 saturated heterocycles. The molecule has 0 heterocycles. The zero-order valence-electron chi connectivity index (χ0n) is 22.0. The van der Waals surface area contributed by atoms with Gasteiger partial charge in [0.1, 0.15) is 0 Å². The number of carboxylic acids is 1. The lowest BCUT2D eigenvalue weighted by Crippen LogP contribution is -2.67. The largest absolute Gasteiger partial charge is 0.479 e. The molecule has 36 heavy (non-hydrogen) atoms. The number of carbonyl (C=O) groups is 1. The Morgan fingerprint density at radius 1 is 0.861 bits per heavy atom. The molecule has 0 unspecified atom stereocenters. The van der Waals surface area contributed by atoms with Gasteiger partial charge in [-0.2, -0.15) is 0 Å². The Balaban J connectivity index is 1.96. The van der Waals surface area contributed by atoms with Gasteiger partial charge < -0.3 is 19.6 Å². The Kier molecular flexibility index (Phi) is 9.62. The average Bonchev–Trinajstić information content (AvgIpc) is 2.87. The number of aliphatic carboxylic acids is 1.